The smallest absolute Gasteiger partial charge is 0.451 e. The Labute approximate surface area is 185 Å². The predicted octanol–water partition coefficient (Wildman–Crippen LogP) is 3.73. The van der Waals surface area contributed by atoms with Crippen LogP contribution in [0.15, 0.2) is 45.3 Å². The lowest BCUT2D eigenvalue weighted by Gasteiger charge is -2.12. The van der Waals surface area contributed by atoms with Crippen molar-refractivity contribution < 1.29 is 35.9 Å². The molecule has 0 radical (unpaired) electrons. The van der Waals surface area contributed by atoms with E-state index >= 15 is 0 Å². The quantitative estimate of drug-likeness (QED) is 0.395. The van der Waals surface area contributed by atoms with E-state index in [1.54, 1.807) is 0 Å². The molecule has 0 bridgehead atoms. The van der Waals surface area contributed by atoms with Gasteiger partial charge >= 0.3 is 18.3 Å². The molecule has 3 aromatic rings. The van der Waals surface area contributed by atoms with E-state index in [0.717, 1.165) is 42.2 Å². The topological polar surface area (TPSA) is 91.9 Å². The number of benzene rings is 1. The van der Waals surface area contributed by atoms with Crippen molar-refractivity contribution in [3.63, 3.8) is 0 Å². The number of hydrogen-bond acceptors (Lipinski definition) is 7. The van der Waals surface area contributed by atoms with Crippen molar-refractivity contribution in [3.05, 3.63) is 57.8 Å². The second-order valence-corrected chi connectivity index (χ2v) is 7.35. The van der Waals surface area contributed by atoms with E-state index in [1.165, 1.54) is 6.92 Å². The fourth-order valence-corrected chi connectivity index (χ4v) is 3.40. The third kappa shape index (κ3) is 5.18. The van der Waals surface area contributed by atoms with Crippen LogP contribution in [0.1, 0.15) is 28.8 Å². The van der Waals surface area contributed by atoms with E-state index in [2.05, 4.69) is 15.3 Å². The van der Waals surface area contributed by atoms with E-state index in [0.29, 0.717) is 16.3 Å². The number of aromatic nitrogens is 5. The van der Waals surface area contributed by atoms with Crippen LogP contribution in [-0.2, 0) is 24.1 Å². The highest BCUT2D eigenvalue weighted by Gasteiger charge is 2.38. The van der Waals surface area contributed by atoms with Gasteiger partial charge in [0.2, 0.25) is 16.9 Å². The fourth-order valence-electron chi connectivity index (χ4n) is 2.56. The lowest BCUT2D eigenvalue weighted by atomic mass is 10.2. The number of alkyl halides is 6. The summed E-state index contributed by atoms with van der Waals surface area (Å²) in [5.41, 5.74) is -2.56. The van der Waals surface area contributed by atoms with Gasteiger partial charge in [-0.2, -0.15) is 31.4 Å². The van der Waals surface area contributed by atoms with Crippen molar-refractivity contribution in [2.45, 2.75) is 29.3 Å². The molecule has 0 spiro atoms. The summed E-state index contributed by atoms with van der Waals surface area (Å²) < 4.78 is 83.8. The third-order valence-corrected chi connectivity index (χ3v) is 5.15. The minimum Gasteiger partial charge on any atom is -0.461 e. The van der Waals surface area contributed by atoms with Gasteiger partial charge in [-0.25, -0.2) is 9.48 Å². The summed E-state index contributed by atoms with van der Waals surface area (Å²) in [4.78, 5) is 24.7. The van der Waals surface area contributed by atoms with Crippen molar-refractivity contribution >= 4 is 17.7 Å². The lowest BCUT2D eigenvalue weighted by Crippen LogP contribution is -2.24. The summed E-state index contributed by atoms with van der Waals surface area (Å²) >= 11 is 0.472. The zero-order valence-corrected chi connectivity index (χ0v) is 17.5. The molecule has 3 rings (SSSR count). The molecule has 1 aromatic carbocycles. The van der Waals surface area contributed by atoms with Crippen molar-refractivity contribution in [1.29, 1.82) is 0 Å². The van der Waals surface area contributed by atoms with Gasteiger partial charge in [-0.15, -0.1) is 10.2 Å². The average molecular weight is 493 g/mol. The van der Waals surface area contributed by atoms with Gasteiger partial charge in [-0.05, 0) is 43.0 Å². The summed E-state index contributed by atoms with van der Waals surface area (Å²) in [5, 5.41) is 9.99. The van der Waals surface area contributed by atoms with Crippen LogP contribution >= 0.6 is 11.8 Å². The number of carbonyl (C=O) groups is 1. The first-order chi connectivity index (χ1) is 15.3. The van der Waals surface area contributed by atoms with E-state index in [4.69, 9.17) is 4.74 Å². The minimum absolute atomic E-state index is 0.0457. The third-order valence-electron chi connectivity index (χ3n) is 4.10. The monoisotopic (exact) mass is 493 g/mol. The van der Waals surface area contributed by atoms with Crippen molar-refractivity contribution in [2.24, 2.45) is 7.05 Å². The molecule has 33 heavy (non-hydrogen) atoms. The molecule has 0 N–H and O–H groups in total. The normalized spacial score (nSPS) is 12.1. The maximum Gasteiger partial charge on any atom is 0.451 e. The zero-order valence-electron chi connectivity index (χ0n) is 16.7. The van der Waals surface area contributed by atoms with Crippen LogP contribution < -0.4 is 5.43 Å². The van der Waals surface area contributed by atoms with Gasteiger partial charge in [0.05, 0.1) is 22.8 Å². The van der Waals surface area contributed by atoms with Gasteiger partial charge < -0.3 is 9.30 Å². The maximum absolute atomic E-state index is 13.0. The number of ether oxygens (including phenoxy) is 1. The second kappa shape index (κ2) is 8.88. The van der Waals surface area contributed by atoms with Crippen LogP contribution in [0, 0.1) is 0 Å². The van der Waals surface area contributed by atoms with Crippen LogP contribution in [0.4, 0.5) is 26.3 Å². The summed E-state index contributed by atoms with van der Waals surface area (Å²) in [6, 6.07) is 3.63. The van der Waals surface area contributed by atoms with Crippen LogP contribution in [0.3, 0.4) is 0 Å². The molecule has 0 amide bonds. The minimum atomic E-state index is -4.80. The molecule has 0 unspecified atom stereocenters. The van der Waals surface area contributed by atoms with E-state index in [-0.39, 0.29) is 22.3 Å². The Morgan fingerprint density at radius 3 is 2.21 bits per heavy atom. The van der Waals surface area contributed by atoms with Crippen LogP contribution in [0.25, 0.3) is 5.69 Å². The van der Waals surface area contributed by atoms with Crippen molar-refractivity contribution in [3.8, 4) is 5.69 Å². The molecule has 0 aliphatic rings. The van der Waals surface area contributed by atoms with Gasteiger partial charge in [0.25, 0.3) is 0 Å². The van der Waals surface area contributed by atoms with E-state index < -0.39 is 40.8 Å². The SMILES string of the molecule is CCOC(=O)c1nn(-c2ccc(C(F)(F)F)cc2)cc(Sc2nnc(C(F)(F)F)n2C)c1=O. The van der Waals surface area contributed by atoms with Crippen LogP contribution in [-0.4, -0.2) is 37.1 Å². The Morgan fingerprint density at radius 2 is 1.70 bits per heavy atom. The highest BCUT2D eigenvalue weighted by Crippen LogP contribution is 2.32. The molecule has 15 heteroatoms. The van der Waals surface area contributed by atoms with Crippen molar-refractivity contribution in [1.82, 2.24) is 24.5 Å². The van der Waals surface area contributed by atoms with Crippen molar-refractivity contribution in [2.75, 3.05) is 6.61 Å². The number of carbonyl (C=O) groups excluding carboxylic acids is 1. The van der Waals surface area contributed by atoms with Gasteiger partial charge in [-0.3, -0.25) is 4.79 Å². The number of hydrogen-bond donors (Lipinski definition) is 0. The molecule has 2 aromatic heterocycles. The highest BCUT2D eigenvalue weighted by molar-refractivity contribution is 7.99. The molecule has 8 nitrogen and oxygen atoms in total. The summed E-state index contributed by atoms with van der Waals surface area (Å²) in [7, 11) is 1.03. The standard InChI is InChI=1S/C18H13F6N5O3S/c1-3-32-14(31)12-13(30)11(33-16-26-25-15(28(16)2)18(22,23)24)8-29(27-12)10-6-4-9(5-7-10)17(19,20)21/h4-8H,3H2,1-2H3. The maximum atomic E-state index is 13.0. The second-order valence-electron chi connectivity index (χ2n) is 6.35. The zero-order chi connectivity index (χ0) is 24.6. The summed E-state index contributed by atoms with van der Waals surface area (Å²) in [6.45, 7) is 1.37. The Morgan fingerprint density at radius 1 is 1.06 bits per heavy atom. The first-order valence-electron chi connectivity index (χ1n) is 8.96. The summed E-state index contributed by atoms with van der Waals surface area (Å²) in [5.74, 6) is -2.42. The summed E-state index contributed by atoms with van der Waals surface area (Å²) in [6.07, 6.45) is -8.33. The fraction of sp³-hybridized carbons (Fsp3) is 0.278. The van der Waals surface area contributed by atoms with E-state index in [1.807, 2.05) is 0 Å². The Kier molecular flexibility index (Phi) is 6.53. The van der Waals surface area contributed by atoms with Gasteiger partial charge in [0, 0.05) is 13.2 Å². The first-order valence-corrected chi connectivity index (χ1v) is 9.77. The lowest BCUT2D eigenvalue weighted by molar-refractivity contribution is -0.147. The molecule has 0 fully saturated rings. The largest absolute Gasteiger partial charge is 0.461 e. The van der Waals surface area contributed by atoms with E-state index in [9.17, 15) is 35.9 Å². The Balaban J connectivity index is 2.10. The van der Waals surface area contributed by atoms with Gasteiger partial charge in [0.1, 0.15) is 0 Å². The molecule has 0 saturated heterocycles. The predicted molar refractivity (Wildman–Crippen MR) is 101 cm³/mol. The molecule has 2 heterocycles. The number of halogens is 6. The first kappa shape index (κ1) is 24.3. The Hall–Kier alpha value is -3.36. The molecular weight excluding hydrogens is 480 g/mol. The molecule has 0 atom stereocenters. The number of nitrogens with zero attached hydrogens (tertiary/aromatic N) is 5. The molecular formula is C18H13F6N5O3S. The Bertz CT molecular complexity index is 1230. The number of rotatable bonds is 5. The molecule has 0 saturated carbocycles. The molecule has 0 aliphatic heterocycles. The molecule has 176 valence electrons. The highest BCUT2D eigenvalue weighted by atomic mass is 32.2. The average Bonchev–Trinajstić information content (AvgIpc) is 3.09. The number of esters is 1. The van der Waals surface area contributed by atoms with Crippen LogP contribution in [0.5, 0.6) is 0 Å². The molecule has 0 aliphatic carbocycles. The van der Waals surface area contributed by atoms with Gasteiger partial charge in [0.15, 0.2) is 5.16 Å². The van der Waals surface area contributed by atoms with Crippen LogP contribution in [0.2, 0.25) is 0 Å². The van der Waals surface area contributed by atoms with Gasteiger partial charge in [-0.1, -0.05) is 0 Å².